The second-order valence-electron chi connectivity index (χ2n) is 3.43. The SMILES string of the molecule is CC(Oc1ccccc1Br)C(=O)NS(C)(=O)=O. The second-order valence-corrected chi connectivity index (χ2v) is 6.03. The molecule has 7 heteroatoms. The van der Waals surface area contributed by atoms with Crippen molar-refractivity contribution in [3.8, 4) is 5.75 Å². The van der Waals surface area contributed by atoms with Crippen molar-refractivity contribution < 1.29 is 17.9 Å². The molecule has 0 fully saturated rings. The van der Waals surface area contributed by atoms with Crippen molar-refractivity contribution in [2.24, 2.45) is 0 Å². The molecule has 94 valence electrons. The fraction of sp³-hybridized carbons (Fsp3) is 0.300. The second kappa shape index (κ2) is 5.50. The largest absolute Gasteiger partial charge is 0.480 e. The van der Waals surface area contributed by atoms with E-state index in [1.807, 2.05) is 4.72 Å². The van der Waals surface area contributed by atoms with Gasteiger partial charge in [0.1, 0.15) is 5.75 Å². The van der Waals surface area contributed by atoms with Crippen LogP contribution in [0.5, 0.6) is 5.75 Å². The first kappa shape index (κ1) is 14.0. The van der Waals surface area contributed by atoms with Gasteiger partial charge in [0.2, 0.25) is 10.0 Å². The van der Waals surface area contributed by atoms with Crippen molar-refractivity contribution >= 4 is 31.9 Å². The summed E-state index contributed by atoms with van der Waals surface area (Å²) in [6.07, 6.45) is 0.0131. The Bertz CT molecular complexity index is 515. The van der Waals surface area contributed by atoms with Gasteiger partial charge in [-0.15, -0.1) is 0 Å². The zero-order chi connectivity index (χ0) is 13.1. The number of nitrogens with one attached hydrogen (secondary N) is 1. The van der Waals surface area contributed by atoms with E-state index in [1.54, 1.807) is 24.3 Å². The third-order valence-electron chi connectivity index (χ3n) is 1.80. The van der Waals surface area contributed by atoms with Gasteiger partial charge in [-0.25, -0.2) is 8.42 Å². The number of rotatable bonds is 4. The highest BCUT2D eigenvalue weighted by atomic mass is 79.9. The van der Waals surface area contributed by atoms with Gasteiger partial charge < -0.3 is 4.74 Å². The van der Waals surface area contributed by atoms with Crippen molar-refractivity contribution in [2.45, 2.75) is 13.0 Å². The molecule has 1 N–H and O–H groups in total. The summed E-state index contributed by atoms with van der Waals surface area (Å²) in [6, 6.07) is 6.99. The number of halogens is 1. The number of para-hydroxylation sites is 1. The topological polar surface area (TPSA) is 72.5 Å². The van der Waals surface area contributed by atoms with Gasteiger partial charge in [0, 0.05) is 0 Å². The average molecular weight is 322 g/mol. The third-order valence-corrected chi connectivity index (χ3v) is 3.02. The third kappa shape index (κ3) is 4.74. The van der Waals surface area contributed by atoms with Gasteiger partial charge in [0.05, 0.1) is 10.7 Å². The standard InChI is InChI=1S/C10H12BrNO4S/c1-7(10(13)12-17(2,14)15)16-9-6-4-3-5-8(9)11/h3-7H,1-2H3,(H,12,13). The molecule has 0 heterocycles. The normalized spacial score (nSPS) is 12.9. The number of hydrogen-bond acceptors (Lipinski definition) is 4. The number of ether oxygens (including phenoxy) is 1. The molecule has 0 aromatic heterocycles. The lowest BCUT2D eigenvalue weighted by molar-refractivity contribution is -0.125. The summed E-state index contributed by atoms with van der Waals surface area (Å²) in [6.45, 7) is 1.47. The van der Waals surface area contributed by atoms with Crippen molar-refractivity contribution in [1.29, 1.82) is 0 Å². The molecule has 1 unspecified atom stereocenters. The summed E-state index contributed by atoms with van der Waals surface area (Å²) in [5, 5.41) is 0. The minimum Gasteiger partial charge on any atom is -0.480 e. The molecule has 0 aliphatic rings. The smallest absolute Gasteiger partial charge is 0.274 e. The predicted octanol–water partition coefficient (Wildman–Crippen LogP) is 1.29. The van der Waals surface area contributed by atoms with Crippen molar-refractivity contribution in [1.82, 2.24) is 4.72 Å². The van der Waals surface area contributed by atoms with E-state index in [4.69, 9.17) is 4.74 Å². The van der Waals surface area contributed by atoms with Crippen LogP contribution < -0.4 is 9.46 Å². The van der Waals surface area contributed by atoms with Crippen molar-refractivity contribution in [3.05, 3.63) is 28.7 Å². The zero-order valence-electron chi connectivity index (χ0n) is 9.31. The van der Waals surface area contributed by atoms with Gasteiger partial charge in [-0.05, 0) is 35.0 Å². The Morgan fingerprint density at radius 3 is 2.53 bits per heavy atom. The molecule has 0 radical (unpaired) electrons. The Hall–Kier alpha value is -1.08. The van der Waals surface area contributed by atoms with E-state index in [2.05, 4.69) is 15.9 Å². The van der Waals surface area contributed by atoms with Crippen LogP contribution in [-0.2, 0) is 14.8 Å². The molecule has 5 nitrogen and oxygen atoms in total. The van der Waals surface area contributed by atoms with Crippen LogP contribution in [0.15, 0.2) is 28.7 Å². The molecule has 0 spiro atoms. The molecule has 17 heavy (non-hydrogen) atoms. The molecule has 0 saturated heterocycles. The number of carbonyl (C=O) groups is 1. The van der Waals surface area contributed by atoms with E-state index in [9.17, 15) is 13.2 Å². The van der Waals surface area contributed by atoms with E-state index < -0.39 is 22.0 Å². The van der Waals surface area contributed by atoms with Crippen LogP contribution in [0.4, 0.5) is 0 Å². The van der Waals surface area contributed by atoms with Gasteiger partial charge in [0.25, 0.3) is 5.91 Å². The summed E-state index contributed by atoms with van der Waals surface area (Å²) in [5.74, 6) is -0.230. The minimum absolute atomic E-state index is 0.476. The fourth-order valence-electron chi connectivity index (χ4n) is 1.05. The number of amides is 1. The quantitative estimate of drug-likeness (QED) is 0.907. The van der Waals surface area contributed by atoms with Crippen LogP contribution in [0.3, 0.4) is 0 Å². The maximum Gasteiger partial charge on any atom is 0.274 e. The summed E-state index contributed by atoms with van der Waals surface area (Å²) >= 11 is 3.26. The summed E-state index contributed by atoms with van der Waals surface area (Å²) in [4.78, 5) is 11.4. The van der Waals surface area contributed by atoms with Crippen molar-refractivity contribution in [2.75, 3.05) is 6.26 Å². The number of hydrogen-bond donors (Lipinski definition) is 1. The predicted molar refractivity (Wildman–Crippen MR) is 67.2 cm³/mol. The molecule has 1 rings (SSSR count). The minimum atomic E-state index is -3.56. The van der Waals surface area contributed by atoms with E-state index in [0.717, 1.165) is 6.26 Å². The molecule has 0 bridgehead atoms. The molecule has 1 atom stereocenters. The summed E-state index contributed by atoms with van der Waals surface area (Å²) in [7, 11) is -3.56. The van der Waals surface area contributed by atoms with Crippen LogP contribution in [-0.4, -0.2) is 26.7 Å². The lowest BCUT2D eigenvalue weighted by Gasteiger charge is -2.14. The Labute approximate surface area is 108 Å². The van der Waals surface area contributed by atoms with E-state index in [1.165, 1.54) is 6.92 Å². The van der Waals surface area contributed by atoms with Crippen molar-refractivity contribution in [3.63, 3.8) is 0 Å². The number of sulfonamides is 1. The summed E-state index contributed by atoms with van der Waals surface area (Å²) < 4.78 is 29.6. The molecular weight excluding hydrogens is 310 g/mol. The van der Waals surface area contributed by atoms with Gasteiger partial charge in [0.15, 0.2) is 6.10 Å². The lowest BCUT2D eigenvalue weighted by atomic mass is 10.3. The van der Waals surface area contributed by atoms with Crippen LogP contribution in [0, 0.1) is 0 Å². The highest BCUT2D eigenvalue weighted by Crippen LogP contribution is 2.24. The molecule has 1 aromatic carbocycles. The van der Waals surface area contributed by atoms with Crippen LogP contribution in [0.2, 0.25) is 0 Å². The van der Waals surface area contributed by atoms with Gasteiger partial charge >= 0.3 is 0 Å². The van der Waals surface area contributed by atoms with Crippen LogP contribution in [0.1, 0.15) is 6.92 Å². The molecule has 0 aliphatic carbocycles. The van der Waals surface area contributed by atoms with E-state index >= 15 is 0 Å². The van der Waals surface area contributed by atoms with Gasteiger partial charge in [-0.3, -0.25) is 9.52 Å². The molecule has 1 amide bonds. The highest BCUT2D eigenvalue weighted by Gasteiger charge is 2.18. The van der Waals surface area contributed by atoms with Crippen LogP contribution >= 0.6 is 15.9 Å². The Balaban J connectivity index is 2.70. The monoisotopic (exact) mass is 321 g/mol. The Morgan fingerprint density at radius 1 is 1.41 bits per heavy atom. The zero-order valence-corrected chi connectivity index (χ0v) is 11.7. The lowest BCUT2D eigenvalue weighted by Crippen LogP contribution is -2.39. The Kier molecular flexibility index (Phi) is 4.53. The Morgan fingerprint density at radius 2 is 2.00 bits per heavy atom. The first-order valence-corrected chi connectivity index (χ1v) is 7.41. The van der Waals surface area contributed by atoms with Gasteiger partial charge in [-0.2, -0.15) is 0 Å². The average Bonchev–Trinajstić information content (AvgIpc) is 2.18. The fourth-order valence-corrected chi connectivity index (χ4v) is 1.96. The van der Waals surface area contributed by atoms with Crippen LogP contribution in [0.25, 0.3) is 0 Å². The molecule has 0 aliphatic heterocycles. The van der Waals surface area contributed by atoms with E-state index in [-0.39, 0.29) is 0 Å². The van der Waals surface area contributed by atoms with Gasteiger partial charge in [-0.1, -0.05) is 12.1 Å². The highest BCUT2D eigenvalue weighted by molar-refractivity contribution is 9.10. The summed E-state index contributed by atoms with van der Waals surface area (Å²) in [5.41, 5.74) is 0. The maximum absolute atomic E-state index is 11.4. The molecular formula is C10H12BrNO4S. The maximum atomic E-state index is 11.4. The number of carbonyl (C=O) groups excluding carboxylic acids is 1. The molecule has 1 aromatic rings. The number of benzene rings is 1. The first-order valence-electron chi connectivity index (χ1n) is 4.72. The first-order chi connectivity index (χ1) is 7.79. The van der Waals surface area contributed by atoms with E-state index in [0.29, 0.717) is 10.2 Å². The molecule has 0 saturated carbocycles.